The van der Waals surface area contributed by atoms with Crippen LogP contribution in [0.15, 0.2) is 42.5 Å². The highest BCUT2D eigenvalue weighted by atomic mass is 16.5. The molecule has 0 spiro atoms. The van der Waals surface area contributed by atoms with Gasteiger partial charge in [0.2, 0.25) is 5.91 Å². The number of benzene rings is 2. The lowest BCUT2D eigenvalue weighted by atomic mass is 10.1. The van der Waals surface area contributed by atoms with Gasteiger partial charge in [-0.05, 0) is 30.2 Å². The summed E-state index contributed by atoms with van der Waals surface area (Å²) in [6.45, 7) is 1.40. The van der Waals surface area contributed by atoms with Crippen LogP contribution in [0, 0.1) is 0 Å². The minimum absolute atomic E-state index is 0.00748. The molecule has 1 N–H and O–H groups in total. The lowest BCUT2D eigenvalue weighted by molar-refractivity contribution is -0.121. The van der Waals surface area contributed by atoms with Gasteiger partial charge in [0.25, 0.3) is 0 Å². The third-order valence-electron chi connectivity index (χ3n) is 5.02. The van der Waals surface area contributed by atoms with Gasteiger partial charge in [-0.15, -0.1) is 0 Å². The predicted molar refractivity (Wildman–Crippen MR) is 114 cm³/mol. The van der Waals surface area contributed by atoms with Gasteiger partial charge in [-0.2, -0.15) is 0 Å². The predicted octanol–water partition coefficient (Wildman–Crippen LogP) is 2.31. The molecule has 3 rings (SSSR count). The summed E-state index contributed by atoms with van der Waals surface area (Å²) in [7, 11) is 4.75. The molecule has 1 aliphatic heterocycles. The maximum Gasteiger partial charge on any atom is 0.325 e. The quantitative estimate of drug-likeness (QED) is 0.682. The molecular weight excluding hydrogens is 386 g/mol. The second-order valence-electron chi connectivity index (χ2n) is 6.81. The van der Waals surface area contributed by atoms with Crippen molar-refractivity contribution in [2.24, 2.45) is 0 Å². The number of para-hydroxylation sites is 1. The SMILES string of the molecule is COc1ccc(OC)c(N2CCN(CC(=O)NCCc3ccccc3OC)C2=O)c1. The molecule has 0 bridgehead atoms. The summed E-state index contributed by atoms with van der Waals surface area (Å²) >= 11 is 0. The first-order valence-electron chi connectivity index (χ1n) is 9.74. The second kappa shape index (κ2) is 9.87. The number of hydrogen-bond donors (Lipinski definition) is 1. The molecule has 1 fully saturated rings. The summed E-state index contributed by atoms with van der Waals surface area (Å²) in [6, 6.07) is 12.8. The van der Waals surface area contributed by atoms with Crippen LogP contribution < -0.4 is 24.4 Å². The third-order valence-corrected chi connectivity index (χ3v) is 5.02. The Kier molecular flexibility index (Phi) is 7.00. The normalized spacial score (nSPS) is 13.4. The molecule has 1 saturated heterocycles. The molecule has 2 aromatic carbocycles. The Bertz CT molecular complexity index is 902. The van der Waals surface area contributed by atoms with Crippen LogP contribution in [-0.4, -0.2) is 64.3 Å². The first kappa shape index (κ1) is 21.3. The van der Waals surface area contributed by atoms with Crippen molar-refractivity contribution >= 4 is 17.6 Å². The van der Waals surface area contributed by atoms with Crippen molar-refractivity contribution in [1.29, 1.82) is 0 Å². The van der Waals surface area contributed by atoms with Crippen molar-refractivity contribution in [3.8, 4) is 17.2 Å². The number of rotatable bonds is 9. The van der Waals surface area contributed by atoms with E-state index in [-0.39, 0.29) is 18.5 Å². The van der Waals surface area contributed by atoms with Crippen LogP contribution in [-0.2, 0) is 11.2 Å². The van der Waals surface area contributed by atoms with Gasteiger partial charge in [-0.1, -0.05) is 18.2 Å². The monoisotopic (exact) mass is 413 g/mol. The maximum atomic E-state index is 12.8. The molecule has 160 valence electrons. The largest absolute Gasteiger partial charge is 0.497 e. The maximum absolute atomic E-state index is 12.8. The average Bonchev–Trinajstić information content (AvgIpc) is 3.13. The van der Waals surface area contributed by atoms with E-state index in [0.29, 0.717) is 43.2 Å². The number of carbonyl (C=O) groups is 2. The van der Waals surface area contributed by atoms with E-state index in [4.69, 9.17) is 14.2 Å². The standard InChI is InChI=1S/C22H27N3O5/c1-28-17-8-9-20(30-3)18(14-17)25-13-12-24(22(25)27)15-21(26)23-11-10-16-6-4-5-7-19(16)29-2/h4-9,14H,10-13,15H2,1-3H3,(H,23,26). The Hall–Kier alpha value is -3.42. The van der Waals surface area contributed by atoms with Crippen LogP contribution >= 0.6 is 0 Å². The van der Waals surface area contributed by atoms with Crippen molar-refractivity contribution in [3.05, 3.63) is 48.0 Å². The number of carbonyl (C=O) groups excluding carboxylic acids is 2. The van der Waals surface area contributed by atoms with Gasteiger partial charge in [-0.25, -0.2) is 4.79 Å². The van der Waals surface area contributed by atoms with Crippen LogP contribution in [0.2, 0.25) is 0 Å². The molecule has 8 nitrogen and oxygen atoms in total. The zero-order valence-corrected chi connectivity index (χ0v) is 17.5. The molecule has 0 aromatic heterocycles. The molecule has 30 heavy (non-hydrogen) atoms. The molecule has 0 saturated carbocycles. The van der Waals surface area contributed by atoms with Crippen molar-refractivity contribution in [2.75, 3.05) is 52.4 Å². The first-order valence-corrected chi connectivity index (χ1v) is 9.74. The molecule has 0 atom stereocenters. The van der Waals surface area contributed by atoms with E-state index in [2.05, 4.69) is 5.32 Å². The second-order valence-corrected chi connectivity index (χ2v) is 6.81. The number of nitrogens with zero attached hydrogens (tertiary/aromatic N) is 2. The topological polar surface area (TPSA) is 80.3 Å². The summed E-state index contributed by atoms with van der Waals surface area (Å²) in [5.41, 5.74) is 1.65. The Balaban J connectivity index is 1.56. The van der Waals surface area contributed by atoms with Gasteiger partial charge in [-0.3, -0.25) is 9.69 Å². The lowest BCUT2D eigenvalue weighted by Gasteiger charge is -2.21. The molecule has 1 heterocycles. The van der Waals surface area contributed by atoms with Crippen molar-refractivity contribution in [1.82, 2.24) is 10.2 Å². The van der Waals surface area contributed by atoms with E-state index >= 15 is 0 Å². The Morgan fingerprint density at radius 3 is 2.50 bits per heavy atom. The molecule has 0 unspecified atom stereocenters. The number of methoxy groups -OCH3 is 3. The molecule has 8 heteroatoms. The zero-order chi connectivity index (χ0) is 21.5. The highest BCUT2D eigenvalue weighted by Gasteiger charge is 2.32. The van der Waals surface area contributed by atoms with Crippen LogP contribution in [0.1, 0.15) is 5.56 Å². The van der Waals surface area contributed by atoms with Gasteiger partial charge in [0.15, 0.2) is 0 Å². The first-order chi connectivity index (χ1) is 14.6. The molecule has 0 aliphatic carbocycles. The minimum atomic E-state index is -0.235. The van der Waals surface area contributed by atoms with E-state index in [1.54, 1.807) is 44.4 Å². The van der Waals surface area contributed by atoms with Gasteiger partial charge in [0, 0.05) is 25.7 Å². The highest BCUT2D eigenvalue weighted by molar-refractivity contribution is 5.97. The average molecular weight is 413 g/mol. The zero-order valence-electron chi connectivity index (χ0n) is 17.5. The Morgan fingerprint density at radius 1 is 1.00 bits per heavy atom. The fourth-order valence-corrected chi connectivity index (χ4v) is 3.44. The summed E-state index contributed by atoms with van der Waals surface area (Å²) in [6.07, 6.45) is 0.650. The van der Waals surface area contributed by atoms with E-state index in [1.165, 1.54) is 4.90 Å². The van der Waals surface area contributed by atoms with Gasteiger partial charge in [0.1, 0.15) is 23.8 Å². The molecule has 3 amide bonds. The van der Waals surface area contributed by atoms with Crippen LogP contribution in [0.25, 0.3) is 0 Å². The van der Waals surface area contributed by atoms with Crippen LogP contribution in [0.4, 0.5) is 10.5 Å². The van der Waals surface area contributed by atoms with Crippen molar-refractivity contribution < 1.29 is 23.8 Å². The Morgan fingerprint density at radius 2 is 1.77 bits per heavy atom. The lowest BCUT2D eigenvalue weighted by Crippen LogP contribution is -2.40. The van der Waals surface area contributed by atoms with Crippen molar-refractivity contribution in [2.45, 2.75) is 6.42 Å². The van der Waals surface area contributed by atoms with E-state index in [9.17, 15) is 9.59 Å². The summed E-state index contributed by atoms with van der Waals surface area (Å²) < 4.78 is 16.0. The number of amides is 3. The van der Waals surface area contributed by atoms with Crippen LogP contribution in [0.5, 0.6) is 17.2 Å². The van der Waals surface area contributed by atoms with E-state index in [0.717, 1.165) is 11.3 Å². The molecular formula is C22H27N3O5. The van der Waals surface area contributed by atoms with Gasteiger partial charge in [0.05, 0.1) is 27.0 Å². The highest BCUT2D eigenvalue weighted by Crippen LogP contribution is 2.34. The van der Waals surface area contributed by atoms with E-state index < -0.39 is 0 Å². The minimum Gasteiger partial charge on any atom is -0.497 e. The molecule has 0 radical (unpaired) electrons. The number of ether oxygens (including phenoxy) is 3. The smallest absolute Gasteiger partial charge is 0.325 e. The van der Waals surface area contributed by atoms with Gasteiger partial charge >= 0.3 is 6.03 Å². The number of anilines is 1. The number of hydrogen-bond acceptors (Lipinski definition) is 5. The fourth-order valence-electron chi connectivity index (χ4n) is 3.44. The fraction of sp³-hybridized carbons (Fsp3) is 0.364. The molecule has 2 aromatic rings. The van der Waals surface area contributed by atoms with E-state index in [1.807, 2.05) is 24.3 Å². The summed E-state index contributed by atoms with van der Waals surface area (Å²) in [5, 5.41) is 2.87. The summed E-state index contributed by atoms with van der Waals surface area (Å²) in [4.78, 5) is 28.3. The number of urea groups is 1. The van der Waals surface area contributed by atoms with Gasteiger partial charge < -0.3 is 24.4 Å². The molecule has 1 aliphatic rings. The van der Waals surface area contributed by atoms with Crippen molar-refractivity contribution in [3.63, 3.8) is 0 Å². The Labute approximate surface area is 176 Å². The third kappa shape index (κ3) is 4.76. The van der Waals surface area contributed by atoms with Crippen LogP contribution in [0.3, 0.4) is 0 Å². The summed E-state index contributed by atoms with van der Waals surface area (Å²) in [5.74, 6) is 1.81. The number of nitrogens with one attached hydrogen (secondary N) is 1.